The molecule has 0 spiro atoms. The second kappa shape index (κ2) is 13.1. The molecule has 2 heterocycles. The lowest BCUT2D eigenvalue weighted by Gasteiger charge is -2.33. The molecule has 0 saturated heterocycles. The highest BCUT2D eigenvalue weighted by molar-refractivity contribution is 7.53. The Morgan fingerprint density at radius 3 is 2.24 bits per heavy atom. The van der Waals surface area contributed by atoms with E-state index < -0.39 is 12.8 Å². The molecule has 0 saturated carbocycles. The number of amides is 2. The van der Waals surface area contributed by atoms with Gasteiger partial charge in [0.1, 0.15) is 5.69 Å². The number of thiazole rings is 1. The molecule has 0 aliphatic carbocycles. The molecule has 0 unspecified atom stereocenters. The van der Waals surface area contributed by atoms with E-state index >= 15 is 0 Å². The number of carbonyl (C=O) groups is 2. The van der Waals surface area contributed by atoms with Crippen LogP contribution >= 0.6 is 30.5 Å². The molecule has 0 aliphatic rings. The third-order valence-electron chi connectivity index (χ3n) is 6.95. The highest BCUT2D eigenvalue weighted by atomic mass is 35.5. The number of rotatable bonds is 11. The molecule has 0 atom stereocenters. The summed E-state index contributed by atoms with van der Waals surface area (Å²) in [7, 11) is -4.40. The van der Waals surface area contributed by atoms with Gasteiger partial charge in [0.15, 0.2) is 5.13 Å². The molecule has 4 aromatic rings. The summed E-state index contributed by atoms with van der Waals surface area (Å²) in [6, 6.07) is 18.8. The number of pyridine rings is 1. The van der Waals surface area contributed by atoms with Crippen molar-refractivity contribution in [2.45, 2.75) is 44.7 Å². The molecule has 0 bridgehead atoms. The second-order valence-corrected chi connectivity index (χ2v) is 12.8. The van der Waals surface area contributed by atoms with E-state index in [2.05, 4.69) is 20.6 Å². The lowest BCUT2D eigenvalue weighted by Crippen LogP contribution is -2.24. The van der Waals surface area contributed by atoms with Crippen LogP contribution in [0.25, 0.3) is 11.3 Å². The molecule has 41 heavy (non-hydrogen) atoms. The van der Waals surface area contributed by atoms with E-state index in [1.165, 1.54) is 17.5 Å². The molecule has 214 valence electrons. The first-order valence-electron chi connectivity index (χ1n) is 13.0. The molecule has 0 aliphatic heterocycles. The van der Waals surface area contributed by atoms with E-state index in [4.69, 9.17) is 11.6 Å². The van der Waals surface area contributed by atoms with E-state index in [1.54, 1.807) is 68.4 Å². The van der Waals surface area contributed by atoms with Gasteiger partial charge in [-0.1, -0.05) is 55.8 Å². The summed E-state index contributed by atoms with van der Waals surface area (Å²) in [5.74, 6) is -0.622. The number of aryl methyl sites for hydroxylation is 1. The number of benzene rings is 2. The zero-order chi connectivity index (χ0) is 29.6. The zero-order valence-electron chi connectivity index (χ0n) is 22.5. The highest BCUT2D eigenvalue weighted by Crippen LogP contribution is 2.60. The Morgan fingerprint density at radius 2 is 1.66 bits per heavy atom. The van der Waals surface area contributed by atoms with Crippen LogP contribution in [0.15, 0.2) is 72.9 Å². The molecule has 12 heteroatoms. The van der Waals surface area contributed by atoms with Crippen molar-refractivity contribution in [1.29, 1.82) is 0 Å². The van der Waals surface area contributed by atoms with Gasteiger partial charge < -0.3 is 15.1 Å². The highest BCUT2D eigenvalue weighted by Gasteiger charge is 2.45. The minimum Gasteiger partial charge on any atom is -0.326 e. The van der Waals surface area contributed by atoms with Crippen LogP contribution in [-0.4, -0.2) is 31.6 Å². The largest absolute Gasteiger partial charge is 0.335 e. The van der Waals surface area contributed by atoms with E-state index in [-0.39, 0.29) is 36.8 Å². The van der Waals surface area contributed by atoms with Gasteiger partial charge in [0.05, 0.1) is 10.9 Å². The summed E-state index contributed by atoms with van der Waals surface area (Å²) in [6.45, 7) is 3.51. The van der Waals surface area contributed by atoms with Crippen molar-refractivity contribution >= 4 is 53.2 Å². The minimum absolute atomic E-state index is 0.147. The number of halogens is 1. The Morgan fingerprint density at radius 1 is 0.976 bits per heavy atom. The Labute approximate surface area is 247 Å². The van der Waals surface area contributed by atoms with Crippen LogP contribution in [0.3, 0.4) is 0 Å². The number of aromatic nitrogens is 2. The topological polar surface area (TPSA) is 142 Å². The first-order chi connectivity index (χ1) is 19.6. The van der Waals surface area contributed by atoms with Crippen molar-refractivity contribution in [2.24, 2.45) is 0 Å². The van der Waals surface area contributed by atoms with Crippen LogP contribution in [0.4, 0.5) is 10.8 Å². The fourth-order valence-electron chi connectivity index (χ4n) is 4.62. The Balaban J connectivity index is 1.48. The van der Waals surface area contributed by atoms with Crippen molar-refractivity contribution in [3.63, 3.8) is 0 Å². The third kappa shape index (κ3) is 7.09. The zero-order valence-corrected chi connectivity index (χ0v) is 25.0. The molecule has 2 amide bonds. The van der Waals surface area contributed by atoms with Crippen LogP contribution in [0.2, 0.25) is 5.02 Å². The molecule has 9 nitrogen and oxygen atoms in total. The van der Waals surface area contributed by atoms with Crippen molar-refractivity contribution in [3.8, 4) is 11.3 Å². The Bertz CT molecular complexity index is 1550. The van der Waals surface area contributed by atoms with E-state index in [0.29, 0.717) is 33.5 Å². The van der Waals surface area contributed by atoms with Crippen LogP contribution in [0.1, 0.15) is 54.0 Å². The van der Waals surface area contributed by atoms with Crippen molar-refractivity contribution in [1.82, 2.24) is 9.97 Å². The fraction of sp³-hybridized carbons (Fsp3) is 0.241. The maximum atomic E-state index is 12.9. The van der Waals surface area contributed by atoms with Crippen molar-refractivity contribution < 1.29 is 23.9 Å². The smallest absolute Gasteiger partial charge is 0.326 e. The van der Waals surface area contributed by atoms with Gasteiger partial charge in [-0.05, 0) is 61.2 Å². The average molecular weight is 613 g/mol. The van der Waals surface area contributed by atoms with Crippen molar-refractivity contribution in [2.75, 3.05) is 10.6 Å². The SMILES string of the molecule is CCC(CC)(c1ccc(NC(=O)CCc2sc(NC(=O)c3ccccn3)nc2-c2ccc(Cl)cc2)cc1)P(=O)(O)O. The van der Waals surface area contributed by atoms with Gasteiger partial charge in [-0.25, -0.2) is 4.98 Å². The van der Waals surface area contributed by atoms with Gasteiger partial charge in [-0.15, -0.1) is 11.3 Å². The van der Waals surface area contributed by atoms with Crippen LogP contribution < -0.4 is 10.6 Å². The van der Waals surface area contributed by atoms with Gasteiger partial charge in [0, 0.05) is 33.8 Å². The Kier molecular flexibility index (Phi) is 9.73. The van der Waals surface area contributed by atoms with Crippen molar-refractivity contribution in [3.05, 3.63) is 94.1 Å². The number of hydrogen-bond acceptors (Lipinski definition) is 6. The first-order valence-corrected chi connectivity index (χ1v) is 15.8. The summed E-state index contributed by atoms with van der Waals surface area (Å²) in [5.41, 5.74) is 2.77. The standard InChI is InChI=1S/C29H30ClN4O5PS/c1-3-29(4-2,40(37,38)39)20-10-14-22(15-11-20)32-25(35)17-16-24-26(19-8-12-21(30)13-9-19)33-28(41-24)34-27(36)23-7-5-6-18-31-23/h5-15,18H,3-4,16-17H2,1-2H3,(H,32,35)(H,33,34,36)(H2,37,38,39). The van der Waals surface area contributed by atoms with Crippen LogP contribution in [0, 0.1) is 0 Å². The predicted octanol–water partition coefficient (Wildman–Crippen LogP) is 6.88. The number of hydrogen-bond donors (Lipinski definition) is 4. The van der Waals surface area contributed by atoms with Crippen LogP contribution in [-0.2, 0) is 20.9 Å². The maximum Gasteiger partial charge on any atom is 0.335 e. The van der Waals surface area contributed by atoms with Gasteiger partial charge in [-0.2, -0.15) is 0 Å². The molecule has 4 N–H and O–H groups in total. The summed E-state index contributed by atoms with van der Waals surface area (Å²) in [6.07, 6.45) is 2.62. The lowest BCUT2D eigenvalue weighted by molar-refractivity contribution is -0.116. The molecule has 2 aromatic heterocycles. The second-order valence-electron chi connectivity index (χ2n) is 9.38. The van der Waals surface area contributed by atoms with Gasteiger partial charge in [0.25, 0.3) is 5.91 Å². The molecule has 0 radical (unpaired) electrons. The first kappa shape index (κ1) is 30.6. The van der Waals surface area contributed by atoms with Crippen LogP contribution in [0.5, 0.6) is 0 Å². The number of carbonyl (C=O) groups excluding carboxylic acids is 2. The normalized spacial score (nSPS) is 11.7. The summed E-state index contributed by atoms with van der Waals surface area (Å²) in [5, 5.41) is 5.34. The Hall–Kier alpha value is -3.40. The average Bonchev–Trinajstić information content (AvgIpc) is 3.36. The summed E-state index contributed by atoms with van der Waals surface area (Å²) < 4.78 is 12.3. The number of nitrogens with one attached hydrogen (secondary N) is 2. The summed E-state index contributed by atoms with van der Waals surface area (Å²) >= 11 is 7.34. The maximum absolute atomic E-state index is 12.9. The van der Waals surface area contributed by atoms with E-state index in [0.717, 1.165) is 10.4 Å². The number of nitrogens with zero attached hydrogens (tertiary/aromatic N) is 2. The van der Waals surface area contributed by atoms with Gasteiger partial charge in [0.2, 0.25) is 5.91 Å². The minimum atomic E-state index is -4.40. The van der Waals surface area contributed by atoms with E-state index in [9.17, 15) is 23.9 Å². The molecule has 4 rings (SSSR count). The number of anilines is 2. The quantitative estimate of drug-likeness (QED) is 0.135. The lowest BCUT2D eigenvalue weighted by atomic mass is 9.92. The molecule has 0 fully saturated rings. The predicted molar refractivity (Wildman–Crippen MR) is 162 cm³/mol. The third-order valence-corrected chi connectivity index (χ3v) is 10.2. The fourth-order valence-corrected chi connectivity index (χ4v) is 7.03. The van der Waals surface area contributed by atoms with Gasteiger partial charge in [-0.3, -0.25) is 24.5 Å². The van der Waals surface area contributed by atoms with E-state index in [1.807, 2.05) is 12.1 Å². The monoisotopic (exact) mass is 612 g/mol. The van der Waals surface area contributed by atoms with Gasteiger partial charge >= 0.3 is 7.60 Å². The molecular weight excluding hydrogens is 583 g/mol. The molecule has 2 aromatic carbocycles. The molecular formula is C29H30ClN4O5PS. The summed E-state index contributed by atoms with van der Waals surface area (Å²) in [4.78, 5) is 55.0.